The molecule has 0 radical (unpaired) electrons. The van der Waals surface area contributed by atoms with Gasteiger partial charge in [0.25, 0.3) is 0 Å². The number of benzene rings is 1. The number of phenolic OH excluding ortho intramolecular Hbond substituents is 1. The molecular weight excluding hydrogens is 274 g/mol. The van der Waals surface area contributed by atoms with E-state index in [0.717, 1.165) is 0 Å². The number of hydrogen-bond acceptors (Lipinski definition) is 4. The van der Waals surface area contributed by atoms with E-state index in [2.05, 4.69) is 5.32 Å². The summed E-state index contributed by atoms with van der Waals surface area (Å²) in [7, 11) is 0. The first-order valence-electron chi connectivity index (χ1n) is 6.71. The average molecular weight is 293 g/mol. The molecule has 1 fully saturated rings. The van der Waals surface area contributed by atoms with Crippen molar-refractivity contribution in [2.24, 2.45) is 0 Å². The zero-order chi connectivity index (χ0) is 15.8. The third-order valence-corrected chi connectivity index (χ3v) is 3.31. The highest BCUT2D eigenvalue weighted by Gasteiger charge is 2.53. The maximum Gasteiger partial charge on any atom is 0.412 e. The highest BCUT2D eigenvalue weighted by Crippen LogP contribution is 2.51. The first-order chi connectivity index (χ1) is 9.64. The largest absolute Gasteiger partial charge is 0.508 e. The fourth-order valence-corrected chi connectivity index (χ4v) is 2.17. The first kappa shape index (κ1) is 15.2. The van der Waals surface area contributed by atoms with Crippen molar-refractivity contribution in [3.8, 4) is 5.75 Å². The van der Waals surface area contributed by atoms with Gasteiger partial charge in [-0.1, -0.05) is 0 Å². The SMILES string of the molecule is CC(C)(C)OC(=O)Nc1ccc(O)cc1C1(C(=O)O)CC1. The van der Waals surface area contributed by atoms with Crippen LogP contribution in [0.4, 0.5) is 10.5 Å². The molecule has 1 aliphatic rings. The summed E-state index contributed by atoms with van der Waals surface area (Å²) in [6.45, 7) is 5.22. The molecular formula is C15H19NO5. The van der Waals surface area contributed by atoms with Crippen LogP contribution in [0.15, 0.2) is 18.2 Å². The van der Waals surface area contributed by atoms with Crippen molar-refractivity contribution in [2.45, 2.75) is 44.6 Å². The molecule has 1 aliphatic carbocycles. The number of carboxylic acid groups (broad SMARTS) is 1. The average Bonchev–Trinajstić information content (AvgIpc) is 3.10. The van der Waals surface area contributed by atoms with Crippen molar-refractivity contribution in [1.82, 2.24) is 0 Å². The number of anilines is 1. The zero-order valence-corrected chi connectivity index (χ0v) is 12.3. The molecule has 114 valence electrons. The van der Waals surface area contributed by atoms with E-state index < -0.39 is 23.1 Å². The second-order valence-electron chi connectivity index (χ2n) is 6.24. The Balaban J connectivity index is 2.29. The van der Waals surface area contributed by atoms with Gasteiger partial charge in [-0.3, -0.25) is 10.1 Å². The van der Waals surface area contributed by atoms with Crippen molar-refractivity contribution in [2.75, 3.05) is 5.32 Å². The summed E-state index contributed by atoms with van der Waals surface area (Å²) in [5.41, 5.74) is -0.920. The van der Waals surface area contributed by atoms with E-state index in [4.69, 9.17) is 4.74 Å². The lowest BCUT2D eigenvalue weighted by atomic mass is 9.94. The summed E-state index contributed by atoms with van der Waals surface area (Å²) in [4.78, 5) is 23.3. The quantitative estimate of drug-likeness (QED) is 0.745. The van der Waals surface area contributed by atoms with Crippen LogP contribution >= 0.6 is 0 Å². The van der Waals surface area contributed by atoms with Crippen molar-refractivity contribution < 1.29 is 24.5 Å². The van der Waals surface area contributed by atoms with Crippen LogP contribution in [-0.2, 0) is 14.9 Å². The number of ether oxygens (including phenoxy) is 1. The van der Waals surface area contributed by atoms with E-state index in [1.54, 1.807) is 20.8 Å². The fraction of sp³-hybridized carbons (Fsp3) is 0.467. The predicted octanol–water partition coefficient (Wildman–Crippen LogP) is 2.86. The van der Waals surface area contributed by atoms with Crippen LogP contribution in [0.5, 0.6) is 5.75 Å². The van der Waals surface area contributed by atoms with Crippen molar-refractivity contribution in [3.63, 3.8) is 0 Å². The molecule has 0 aromatic heterocycles. The Labute approximate surface area is 122 Å². The number of hydrogen-bond donors (Lipinski definition) is 3. The monoisotopic (exact) mass is 293 g/mol. The molecule has 0 aliphatic heterocycles. The van der Waals surface area contributed by atoms with Gasteiger partial charge in [-0.05, 0) is 57.4 Å². The van der Waals surface area contributed by atoms with Gasteiger partial charge in [-0.2, -0.15) is 0 Å². The van der Waals surface area contributed by atoms with E-state index in [1.165, 1.54) is 18.2 Å². The number of carboxylic acids is 1. The first-order valence-corrected chi connectivity index (χ1v) is 6.71. The number of aromatic hydroxyl groups is 1. The van der Waals surface area contributed by atoms with Crippen LogP contribution < -0.4 is 5.32 Å². The highest BCUT2D eigenvalue weighted by molar-refractivity contribution is 5.92. The summed E-state index contributed by atoms with van der Waals surface area (Å²) >= 11 is 0. The van der Waals surface area contributed by atoms with E-state index in [-0.39, 0.29) is 5.75 Å². The number of aliphatic carboxylic acids is 1. The molecule has 0 unspecified atom stereocenters. The van der Waals surface area contributed by atoms with E-state index in [9.17, 15) is 19.8 Å². The number of phenols is 1. The second kappa shape index (κ2) is 4.95. The summed E-state index contributed by atoms with van der Waals surface area (Å²) in [6, 6.07) is 4.26. The van der Waals surface area contributed by atoms with Gasteiger partial charge >= 0.3 is 12.1 Å². The Morgan fingerprint density at radius 2 is 1.90 bits per heavy atom. The number of carbonyl (C=O) groups is 2. The molecule has 0 spiro atoms. The van der Waals surface area contributed by atoms with Crippen molar-refractivity contribution in [1.29, 1.82) is 0 Å². The van der Waals surface area contributed by atoms with Gasteiger partial charge in [0.1, 0.15) is 11.4 Å². The molecule has 21 heavy (non-hydrogen) atoms. The van der Waals surface area contributed by atoms with Gasteiger partial charge in [0.2, 0.25) is 0 Å². The van der Waals surface area contributed by atoms with Gasteiger partial charge in [0, 0.05) is 5.69 Å². The number of carbonyl (C=O) groups excluding carboxylic acids is 1. The molecule has 2 rings (SSSR count). The Morgan fingerprint density at radius 3 is 2.38 bits per heavy atom. The third kappa shape index (κ3) is 3.26. The van der Waals surface area contributed by atoms with Crippen molar-refractivity contribution in [3.05, 3.63) is 23.8 Å². The fourth-order valence-electron chi connectivity index (χ4n) is 2.17. The summed E-state index contributed by atoms with van der Waals surface area (Å²) < 4.78 is 5.16. The van der Waals surface area contributed by atoms with Crippen molar-refractivity contribution >= 4 is 17.7 Å². The molecule has 1 aromatic rings. The van der Waals surface area contributed by atoms with Gasteiger partial charge in [-0.15, -0.1) is 0 Å². The number of nitrogens with one attached hydrogen (secondary N) is 1. The normalized spacial score (nSPS) is 16.1. The van der Waals surface area contributed by atoms with Gasteiger partial charge < -0.3 is 14.9 Å². The molecule has 1 aromatic carbocycles. The second-order valence-corrected chi connectivity index (χ2v) is 6.24. The molecule has 0 saturated heterocycles. The molecule has 1 saturated carbocycles. The minimum Gasteiger partial charge on any atom is -0.508 e. The maximum atomic E-state index is 11.8. The summed E-state index contributed by atoms with van der Waals surface area (Å²) in [6.07, 6.45) is 0.305. The summed E-state index contributed by atoms with van der Waals surface area (Å²) in [5.74, 6) is -0.993. The van der Waals surface area contributed by atoms with Crippen LogP contribution in [-0.4, -0.2) is 27.9 Å². The molecule has 3 N–H and O–H groups in total. The predicted molar refractivity (Wildman–Crippen MR) is 76.5 cm³/mol. The van der Waals surface area contributed by atoms with Gasteiger partial charge in [0.15, 0.2) is 0 Å². The molecule has 1 amide bonds. The molecule has 0 heterocycles. The van der Waals surface area contributed by atoms with Crippen LogP contribution in [0, 0.1) is 0 Å². The standard InChI is InChI=1S/C15H19NO5/c1-14(2,3)21-13(20)16-11-5-4-9(17)8-10(11)15(6-7-15)12(18)19/h4-5,8,17H,6-7H2,1-3H3,(H,16,20)(H,18,19). The topological polar surface area (TPSA) is 95.9 Å². The number of rotatable bonds is 3. The number of amides is 1. The lowest BCUT2D eigenvalue weighted by Crippen LogP contribution is -2.28. The minimum absolute atomic E-state index is 0.0349. The van der Waals surface area contributed by atoms with E-state index in [0.29, 0.717) is 24.1 Å². The van der Waals surface area contributed by atoms with E-state index >= 15 is 0 Å². The van der Waals surface area contributed by atoms with Crippen LogP contribution in [0.3, 0.4) is 0 Å². The molecule has 6 nitrogen and oxygen atoms in total. The smallest absolute Gasteiger partial charge is 0.412 e. The third-order valence-electron chi connectivity index (χ3n) is 3.31. The Morgan fingerprint density at radius 1 is 1.29 bits per heavy atom. The Hall–Kier alpha value is -2.24. The van der Waals surface area contributed by atoms with Gasteiger partial charge in [0.05, 0.1) is 5.41 Å². The lowest BCUT2D eigenvalue weighted by Gasteiger charge is -2.21. The summed E-state index contributed by atoms with van der Waals surface area (Å²) in [5, 5.41) is 21.5. The van der Waals surface area contributed by atoms with Crippen LogP contribution in [0.2, 0.25) is 0 Å². The molecule has 0 bridgehead atoms. The lowest BCUT2D eigenvalue weighted by molar-refractivity contribution is -0.140. The minimum atomic E-state index is -1.02. The van der Waals surface area contributed by atoms with Gasteiger partial charge in [-0.25, -0.2) is 4.79 Å². The Bertz CT molecular complexity index is 584. The Kier molecular flexibility index (Phi) is 3.57. The van der Waals surface area contributed by atoms with Crippen LogP contribution in [0.1, 0.15) is 39.2 Å². The van der Waals surface area contributed by atoms with E-state index in [1.807, 2.05) is 0 Å². The maximum absolute atomic E-state index is 11.8. The van der Waals surface area contributed by atoms with Crippen LogP contribution in [0.25, 0.3) is 0 Å². The highest BCUT2D eigenvalue weighted by atomic mass is 16.6. The molecule has 6 heteroatoms. The zero-order valence-electron chi connectivity index (χ0n) is 12.3. The molecule has 0 atom stereocenters.